The first kappa shape index (κ1) is 22.1. The SMILES string of the molecule is CCNC(=NCC1CN2CCN1CC2)NCCCOCC1CCCO1.I. The maximum Gasteiger partial charge on any atom is 0.191 e. The van der Waals surface area contributed by atoms with Crippen LogP contribution in [-0.4, -0.2) is 100 Å². The Labute approximate surface area is 175 Å². The molecule has 7 nitrogen and oxygen atoms in total. The predicted octanol–water partition coefficient (Wildman–Crippen LogP) is 0.745. The molecule has 0 spiro atoms. The van der Waals surface area contributed by atoms with Crippen molar-refractivity contribution in [3.63, 3.8) is 0 Å². The highest BCUT2D eigenvalue weighted by molar-refractivity contribution is 14.0. The normalized spacial score (nSPS) is 30.9. The van der Waals surface area contributed by atoms with Gasteiger partial charge in [0.2, 0.25) is 0 Å². The summed E-state index contributed by atoms with van der Waals surface area (Å²) < 4.78 is 11.3. The van der Waals surface area contributed by atoms with Gasteiger partial charge in [-0.2, -0.15) is 0 Å². The van der Waals surface area contributed by atoms with Gasteiger partial charge in [0, 0.05) is 65.1 Å². The quantitative estimate of drug-likeness (QED) is 0.219. The number of piperazine rings is 3. The van der Waals surface area contributed by atoms with Crippen LogP contribution in [-0.2, 0) is 9.47 Å². The van der Waals surface area contributed by atoms with Crippen LogP contribution in [0.2, 0.25) is 0 Å². The Morgan fingerprint density at radius 3 is 2.73 bits per heavy atom. The lowest BCUT2D eigenvalue weighted by molar-refractivity contribution is 0.0167. The molecule has 4 saturated heterocycles. The van der Waals surface area contributed by atoms with E-state index in [4.69, 9.17) is 14.5 Å². The van der Waals surface area contributed by atoms with Crippen molar-refractivity contribution in [1.29, 1.82) is 0 Å². The van der Waals surface area contributed by atoms with E-state index in [2.05, 4.69) is 27.4 Å². The third-order valence-electron chi connectivity index (χ3n) is 5.28. The van der Waals surface area contributed by atoms with Crippen LogP contribution in [0.25, 0.3) is 0 Å². The van der Waals surface area contributed by atoms with E-state index in [1.807, 2.05) is 0 Å². The summed E-state index contributed by atoms with van der Waals surface area (Å²) in [5.41, 5.74) is 0. The van der Waals surface area contributed by atoms with Gasteiger partial charge in [0.05, 0.1) is 19.3 Å². The molecule has 2 N–H and O–H groups in total. The summed E-state index contributed by atoms with van der Waals surface area (Å²) in [6.45, 7) is 13.2. The Morgan fingerprint density at radius 2 is 2.08 bits per heavy atom. The Hall–Kier alpha value is -0.160. The largest absolute Gasteiger partial charge is 0.379 e. The van der Waals surface area contributed by atoms with Crippen molar-refractivity contribution in [1.82, 2.24) is 20.4 Å². The second-order valence-electron chi connectivity index (χ2n) is 7.20. The van der Waals surface area contributed by atoms with Gasteiger partial charge in [0.25, 0.3) is 0 Å². The van der Waals surface area contributed by atoms with Gasteiger partial charge in [-0.3, -0.25) is 14.8 Å². The molecule has 4 aliphatic heterocycles. The zero-order valence-corrected chi connectivity index (χ0v) is 18.5. The van der Waals surface area contributed by atoms with Crippen LogP contribution in [0.4, 0.5) is 0 Å². The van der Waals surface area contributed by atoms with Gasteiger partial charge < -0.3 is 20.1 Å². The summed E-state index contributed by atoms with van der Waals surface area (Å²) in [6, 6.07) is 0.577. The van der Waals surface area contributed by atoms with Crippen LogP contribution in [0.3, 0.4) is 0 Å². The lowest BCUT2D eigenvalue weighted by Gasteiger charge is -2.47. The molecule has 2 bridgehead atoms. The maximum absolute atomic E-state index is 5.71. The molecule has 0 radical (unpaired) electrons. The van der Waals surface area contributed by atoms with Crippen molar-refractivity contribution < 1.29 is 9.47 Å². The van der Waals surface area contributed by atoms with Gasteiger partial charge in [-0.15, -0.1) is 24.0 Å². The van der Waals surface area contributed by atoms with E-state index < -0.39 is 0 Å². The molecule has 0 amide bonds. The van der Waals surface area contributed by atoms with Crippen LogP contribution in [0.5, 0.6) is 0 Å². The highest BCUT2D eigenvalue weighted by atomic mass is 127. The summed E-state index contributed by atoms with van der Waals surface area (Å²) in [4.78, 5) is 9.95. The average molecular weight is 481 g/mol. The summed E-state index contributed by atoms with van der Waals surface area (Å²) in [5, 5.41) is 6.78. The number of fused-ring (bicyclic) bond motifs is 3. The Bertz CT molecular complexity index is 412. The number of aliphatic imine (C=N–C) groups is 1. The fourth-order valence-corrected chi connectivity index (χ4v) is 3.81. The summed E-state index contributed by atoms with van der Waals surface area (Å²) in [5.74, 6) is 0.930. The molecule has 0 saturated carbocycles. The standard InChI is InChI=1S/C18H35N5O2.HI/c1-2-19-18(20-6-4-11-24-15-17-5-3-12-25-17)21-13-16-14-22-7-9-23(16)10-8-22;/h16-17H,2-15H2,1H3,(H2,19,20,21);1H. The predicted molar refractivity (Wildman–Crippen MR) is 116 cm³/mol. The fourth-order valence-electron chi connectivity index (χ4n) is 3.81. The summed E-state index contributed by atoms with van der Waals surface area (Å²) in [6.07, 6.45) is 3.63. The molecule has 8 heteroatoms. The maximum atomic E-state index is 5.71. The molecule has 4 rings (SSSR count). The van der Waals surface area contributed by atoms with Crippen molar-refractivity contribution in [2.24, 2.45) is 4.99 Å². The highest BCUT2D eigenvalue weighted by Gasteiger charge is 2.31. The van der Waals surface area contributed by atoms with Crippen LogP contribution in [0.1, 0.15) is 26.2 Å². The first-order chi connectivity index (χ1) is 12.3. The average Bonchev–Trinajstić information content (AvgIpc) is 3.17. The van der Waals surface area contributed by atoms with E-state index >= 15 is 0 Å². The van der Waals surface area contributed by atoms with Crippen LogP contribution in [0, 0.1) is 0 Å². The first-order valence-electron chi connectivity index (χ1n) is 10.0. The number of nitrogens with zero attached hydrogens (tertiary/aromatic N) is 3. The third kappa shape index (κ3) is 7.10. The molecule has 0 aromatic rings. The number of hydrogen-bond donors (Lipinski definition) is 2. The molecular weight excluding hydrogens is 445 g/mol. The number of hydrogen-bond acceptors (Lipinski definition) is 5. The Kier molecular flexibility index (Phi) is 10.5. The van der Waals surface area contributed by atoms with E-state index in [-0.39, 0.29) is 24.0 Å². The minimum Gasteiger partial charge on any atom is -0.379 e. The molecule has 2 unspecified atom stereocenters. The van der Waals surface area contributed by atoms with E-state index in [1.54, 1.807) is 0 Å². The van der Waals surface area contributed by atoms with Gasteiger partial charge in [-0.05, 0) is 26.2 Å². The number of guanidine groups is 1. The van der Waals surface area contributed by atoms with Crippen molar-refractivity contribution in [2.75, 3.05) is 72.2 Å². The number of ether oxygens (including phenoxy) is 2. The fraction of sp³-hybridized carbons (Fsp3) is 0.944. The molecule has 26 heavy (non-hydrogen) atoms. The molecule has 0 aromatic carbocycles. The van der Waals surface area contributed by atoms with Gasteiger partial charge in [-0.1, -0.05) is 0 Å². The topological polar surface area (TPSA) is 61.4 Å². The molecule has 0 aromatic heterocycles. The van der Waals surface area contributed by atoms with Gasteiger partial charge in [0.15, 0.2) is 5.96 Å². The number of halogens is 1. The summed E-state index contributed by atoms with van der Waals surface area (Å²) >= 11 is 0. The molecule has 4 fully saturated rings. The zero-order chi connectivity index (χ0) is 17.3. The number of rotatable bonds is 9. The molecule has 152 valence electrons. The minimum atomic E-state index is 0. The summed E-state index contributed by atoms with van der Waals surface area (Å²) in [7, 11) is 0. The second kappa shape index (κ2) is 12.3. The van der Waals surface area contributed by atoms with Crippen molar-refractivity contribution in [3.8, 4) is 0 Å². The van der Waals surface area contributed by atoms with Gasteiger partial charge >= 0.3 is 0 Å². The Balaban J connectivity index is 0.00000243. The molecular formula is C18H36IN5O2. The van der Waals surface area contributed by atoms with E-state index in [1.165, 1.54) is 39.1 Å². The zero-order valence-electron chi connectivity index (χ0n) is 16.1. The van der Waals surface area contributed by atoms with E-state index in [9.17, 15) is 0 Å². The third-order valence-corrected chi connectivity index (χ3v) is 5.28. The van der Waals surface area contributed by atoms with Crippen molar-refractivity contribution in [2.45, 2.75) is 38.3 Å². The molecule has 4 aliphatic rings. The smallest absolute Gasteiger partial charge is 0.191 e. The van der Waals surface area contributed by atoms with Gasteiger partial charge in [0.1, 0.15) is 0 Å². The van der Waals surface area contributed by atoms with Crippen LogP contribution >= 0.6 is 24.0 Å². The molecule has 4 heterocycles. The van der Waals surface area contributed by atoms with Crippen LogP contribution < -0.4 is 10.6 Å². The molecule has 2 atom stereocenters. The lowest BCUT2D eigenvalue weighted by atomic mass is 10.1. The van der Waals surface area contributed by atoms with E-state index in [0.717, 1.165) is 58.3 Å². The second-order valence-corrected chi connectivity index (χ2v) is 7.20. The lowest BCUT2D eigenvalue weighted by Crippen LogP contribution is -2.62. The first-order valence-corrected chi connectivity index (χ1v) is 10.0. The van der Waals surface area contributed by atoms with Crippen LogP contribution in [0.15, 0.2) is 4.99 Å². The highest BCUT2D eigenvalue weighted by Crippen LogP contribution is 2.15. The Morgan fingerprint density at radius 1 is 1.23 bits per heavy atom. The van der Waals surface area contributed by atoms with Gasteiger partial charge in [-0.25, -0.2) is 0 Å². The monoisotopic (exact) mass is 481 g/mol. The molecule has 0 aliphatic carbocycles. The van der Waals surface area contributed by atoms with E-state index in [0.29, 0.717) is 12.1 Å². The van der Waals surface area contributed by atoms with Crippen molar-refractivity contribution in [3.05, 3.63) is 0 Å². The van der Waals surface area contributed by atoms with Crippen molar-refractivity contribution >= 4 is 29.9 Å². The minimum absolute atomic E-state index is 0. The number of nitrogens with one attached hydrogen (secondary N) is 2.